The molecule has 0 spiro atoms. The molecule has 0 aliphatic carbocycles. The summed E-state index contributed by atoms with van der Waals surface area (Å²) < 4.78 is 5.53. The van der Waals surface area contributed by atoms with Gasteiger partial charge in [-0.2, -0.15) is 0 Å². The Balaban J connectivity index is 2.52. The fourth-order valence-electron chi connectivity index (χ4n) is 1.55. The summed E-state index contributed by atoms with van der Waals surface area (Å²) >= 11 is 6.07. The van der Waals surface area contributed by atoms with Crippen molar-refractivity contribution < 1.29 is 9.84 Å². The molecule has 0 amide bonds. The molecule has 0 saturated heterocycles. The predicted molar refractivity (Wildman–Crippen MR) is 71.0 cm³/mol. The Bertz CT molecular complexity index is 345. The van der Waals surface area contributed by atoms with Gasteiger partial charge in [-0.05, 0) is 43.7 Å². The van der Waals surface area contributed by atoms with Crippen LogP contribution in [0.3, 0.4) is 0 Å². The van der Waals surface area contributed by atoms with Gasteiger partial charge in [-0.3, -0.25) is 0 Å². The average Bonchev–Trinajstić information content (AvgIpc) is 2.30. The van der Waals surface area contributed by atoms with Gasteiger partial charge in [0.2, 0.25) is 0 Å². The second kappa shape index (κ2) is 6.84. The van der Waals surface area contributed by atoms with Gasteiger partial charge in [-0.15, -0.1) is 0 Å². The third kappa shape index (κ3) is 4.54. The van der Waals surface area contributed by atoms with Gasteiger partial charge in [0.25, 0.3) is 0 Å². The summed E-state index contributed by atoms with van der Waals surface area (Å²) in [6.45, 7) is 7.56. The van der Waals surface area contributed by atoms with Crippen LogP contribution in [0.4, 0.5) is 0 Å². The lowest BCUT2D eigenvalue weighted by Gasteiger charge is -2.14. The van der Waals surface area contributed by atoms with E-state index in [0.717, 1.165) is 28.4 Å². The minimum atomic E-state index is -0.494. The maximum Gasteiger partial charge on any atom is 0.120 e. The molecule has 0 bridgehead atoms. The zero-order valence-electron chi connectivity index (χ0n) is 10.6. The standard InChI is InChI=1S/C13H20ClNO2/c1-4-15-7-11(16)8-17-12-5-9(2)13(14)10(3)6-12/h5-6,11,15-16H,4,7-8H2,1-3H3/t11-/m1/s1. The lowest BCUT2D eigenvalue weighted by Crippen LogP contribution is -2.31. The molecule has 0 unspecified atom stereocenters. The van der Waals surface area contributed by atoms with Crippen molar-refractivity contribution in [1.29, 1.82) is 0 Å². The van der Waals surface area contributed by atoms with E-state index in [2.05, 4.69) is 5.32 Å². The van der Waals surface area contributed by atoms with Crippen LogP contribution in [0.15, 0.2) is 12.1 Å². The van der Waals surface area contributed by atoms with Crippen molar-refractivity contribution >= 4 is 11.6 Å². The largest absolute Gasteiger partial charge is 0.491 e. The summed E-state index contributed by atoms with van der Waals surface area (Å²) in [6, 6.07) is 3.77. The molecule has 1 atom stereocenters. The van der Waals surface area contributed by atoms with Crippen molar-refractivity contribution in [2.45, 2.75) is 26.9 Å². The molecule has 0 radical (unpaired) electrons. The molecule has 0 saturated carbocycles. The number of hydrogen-bond donors (Lipinski definition) is 2. The predicted octanol–water partition coefficient (Wildman–Crippen LogP) is 2.31. The van der Waals surface area contributed by atoms with E-state index in [9.17, 15) is 5.11 Å². The second-order valence-electron chi connectivity index (χ2n) is 4.14. The number of benzene rings is 1. The molecule has 1 aromatic carbocycles. The lowest BCUT2D eigenvalue weighted by atomic mass is 10.1. The van der Waals surface area contributed by atoms with Crippen molar-refractivity contribution in [3.05, 3.63) is 28.3 Å². The summed E-state index contributed by atoms with van der Waals surface area (Å²) in [5.41, 5.74) is 1.98. The first kappa shape index (κ1) is 14.3. The van der Waals surface area contributed by atoms with Crippen LogP contribution in [-0.4, -0.2) is 30.9 Å². The highest BCUT2D eigenvalue weighted by atomic mass is 35.5. The molecule has 1 rings (SSSR count). The molecule has 17 heavy (non-hydrogen) atoms. The summed E-state index contributed by atoms with van der Waals surface area (Å²) in [5, 5.41) is 13.5. The SMILES string of the molecule is CCNC[C@@H](O)COc1cc(C)c(Cl)c(C)c1. The molecule has 0 fully saturated rings. The van der Waals surface area contributed by atoms with Gasteiger partial charge >= 0.3 is 0 Å². The number of aliphatic hydroxyl groups excluding tert-OH is 1. The summed E-state index contributed by atoms with van der Waals surface area (Å²) in [5.74, 6) is 0.750. The third-order valence-electron chi connectivity index (χ3n) is 2.48. The van der Waals surface area contributed by atoms with Crippen LogP contribution >= 0.6 is 11.6 Å². The van der Waals surface area contributed by atoms with E-state index in [1.165, 1.54) is 0 Å². The number of rotatable bonds is 6. The van der Waals surface area contributed by atoms with Gasteiger partial charge in [0.05, 0.1) is 0 Å². The van der Waals surface area contributed by atoms with Gasteiger partial charge in [0, 0.05) is 11.6 Å². The number of aryl methyl sites for hydroxylation is 2. The number of halogens is 1. The Labute approximate surface area is 108 Å². The van der Waals surface area contributed by atoms with Crippen LogP contribution in [0.2, 0.25) is 5.02 Å². The topological polar surface area (TPSA) is 41.5 Å². The number of ether oxygens (including phenoxy) is 1. The highest BCUT2D eigenvalue weighted by Crippen LogP contribution is 2.25. The highest BCUT2D eigenvalue weighted by molar-refractivity contribution is 6.32. The number of likely N-dealkylation sites (N-methyl/N-ethyl adjacent to an activating group) is 1. The van der Waals surface area contributed by atoms with Gasteiger partial charge in [-0.1, -0.05) is 18.5 Å². The number of aliphatic hydroxyl groups is 1. The van der Waals surface area contributed by atoms with Crippen LogP contribution in [-0.2, 0) is 0 Å². The fraction of sp³-hybridized carbons (Fsp3) is 0.538. The maximum absolute atomic E-state index is 9.62. The van der Waals surface area contributed by atoms with Crippen molar-refractivity contribution in [2.75, 3.05) is 19.7 Å². The molecule has 4 heteroatoms. The highest BCUT2D eigenvalue weighted by Gasteiger charge is 2.07. The van der Waals surface area contributed by atoms with E-state index in [-0.39, 0.29) is 6.61 Å². The molecular weight excluding hydrogens is 238 g/mol. The van der Waals surface area contributed by atoms with Crippen LogP contribution in [0.1, 0.15) is 18.1 Å². The first-order valence-electron chi connectivity index (χ1n) is 5.83. The first-order chi connectivity index (χ1) is 8.04. The molecule has 96 valence electrons. The van der Waals surface area contributed by atoms with E-state index in [1.54, 1.807) is 0 Å². The van der Waals surface area contributed by atoms with Gasteiger partial charge in [0.15, 0.2) is 0 Å². The van der Waals surface area contributed by atoms with Crippen LogP contribution < -0.4 is 10.1 Å². The Morgan fingerprint density at radius 3 is 2.47 bits per heavy atom. The molecule has 2 N–H and O–H groups in total. The molecule has 0 aliphatic heterocycles. The average molecular weight is 258 g/mol. The van der Waals surface area contributed by atoms with Crippen LogP contribution in [0.5, 0.6) is 5.75 Å². The maximum atomic E-state index is 9.62. The Hall–Kier alpha value is -0.770. The zero-order valence-corrected chi connectivity index (χ0v) is 11.3. The smallest absolute Gasteiger partial charge is 0.120 e. The van der Waals surface area contributed by atoms with E-state index in [4.69, 9.17) is 16.3 Å². The molecule has 3 nitrogen and oxygen atoms in total. The van der Waals surface area contributed by atoms with E-state index >= 15 is 0 Å². The first-order valence-corrected chi connectivity index (χ1v) is 6.20. The monoisotopic (exact) mass is 257 g/mol. The summed E-state index contributed by atoms with van der Waals surface area (Å²) in [7, 11) is 0. The Kier molecular flexibility index (Phi) is 5.75. The molecule has 0 aromatic heterocycles. The minimum Gasteiger partial charge on any atom is -0.491 e. The number of nitrogens with one attached hydrogen (secondary N) is 1. The third-order valence-corrected chi connectivity index (χ3v) is 3.08. The van der Waals surface area contributed by atoms with Crippen molar-refractivity contribution in [2.24, 2.45) is 0 Å². The Morgan fingerprint density at radius 1 is 1.35 bits per heavy atom. The normalized spacial score (nSPS) is 12.5. The fourth-order valence-corrected chi connectivity index (χ4v) is 1.66. The zero-order chi connectivity index (χ0) is 12.8. The quantitative estimate of drug-likeness (QED) is 0.822. The van der Waals surface area contributed by atoms with Crippen LogP contribution in [0.25, 0.3) is 0 Å². The van der Waals surface area contributed by atoms with Crippen molar-refractivity contribution in [1.82, 2.24) is 5.32 Å². The molecule has 1 aromatic rings. The Morgan fingerprint density at radius 2 is 1.94 bits per heavy atom. The minimum absolute atomic E-state index is 0.285. The lowest BCUT2D eigenvalue weighted by molar-refractivity contribution is 0.107. The van der Waals surface area contributed by atoms with Crippen molar-refractivity contribution in [3.8, 4) is 5.75 Å². The van der Waals surface area contributed by atoms with E-state index < -0.39 is 6.10 Å². The molecule has 0 heterocycles. The van der Waals surface area contributed by atoms with Gasteiger partial charge in [0.1, 0.15) is 18.5 Å². The van der Waals surface area contributed by atoms with Crippen molar-refractivity contribution in [3.63, 3.8) is 0 Å². The van der Waals surface area contributed by atoms with Gasteiger partial charge < -0.3 is 15.2 Å². The van der Waals surface area contributed by atoms with E-state index in [1.807, 2.05) is 32.9 Å². The number of hydrogen-bond acceptors (Lipinski definition) is 3. The second-order valence-corrected chi connectivity index (χ2v) is 4.52. The molecule has 0 aliphatic rings. The van der Waals surface area contributed by atoms with E-state index in [0.29, 0.717) is 6.54 Å². The molecular formula is C13H20ClNO2. The van der Waals surface area contributed by atoms with Crippen LogP contribution in [0, 0.1) is 13.8 Å². The summed E-state index contributed by atoms with van der Waals surface area (Å²) in [6.07, 6.45) is -0.494. The summed E-state index contributed by atoms with van der Waals surface area (Å²) in [4.78, 5) is 0. The van der Waals surface area contributed by atoms with Gasteiger partial charge in [-0.25, -0.2) is 0 Å².